The number of nitrogens with one attached hydrogen (secondary N) is 1. The zero-order valence-corrected chi connectivity index (χ0v) is 11.4. The highest BCUT2D eigenvalue weighted by molar-refractivity contribution is 9.10. The Kier molecular flexibility index (Phi) is 3.15. The smallest absolute Gasteiger partial charge is 0.129 e. The van der Waals surface area contributed by atoms with Crippen LogP contribution in [0, 0.1) is 6.92 Å². The lowest BCUT2D eigenvalue weighted by molar-refractivity contribution is 1.11. The van der Waals surface area contributed by atoms with Crippen LogP contribution in [0.5, 0.6) is 0 Å². The van der Waals surface area contributed by atoms with E-state index < -0.39 is 0 Å². The zero-order chi connectivity index (χ0) is 11.7. The summed E-state index contributed by atoms with van der Waals surface area (Å²) in [6.45, 7) is 4.24. The maximum Gasteiger partial charge on any atom is 0.129 e. The van der Waals surface area contributed by atoms with Crippen LogP contribution in [0.3, 0.4) is 0 Å². The molecule has 1 heterocycles. The molecule has 0 radical (unpaired) electrons. The van der Waals surface area contributed by atoms with Crippen molar-refractivity contribution < 1.29 is 0 Å². The highest BCUT2D eigenvalue weighted by atomic mass is 79.9. The third kappa shape index (κ3) is 1.80. The average Bonchev–Trinajstić information content (AvgIpc) is 2.32. The summed E-state index contributed by atoms with van der Waals surface area (Å²) in [5.41, 5.74) is 3.52. The molecule has 2 rings (SSSR count). The van der Waals surface area contributed by atoms with E-state index in [4.69, 9.17) is 0 Å². The summed E-state index contributed by atoms with van der Waals surface area (Å²) in [6, 6.07) is 6.38. The molecule has 1 N–H and O–H groups in total. The molecule has 2 aromatic rings. The van der Waals surface area contributed by atoms with E-state index in [-0.39, 0.29) is 0 Å². The fraction of sp³-hybridized carbons (Fsp3) is 0.308. The van der Waals surface area contributed by atoms with Gasteiger partial charge in [-0.2, -0.15) is 0 Å². The van der Waals surface area contributed by atoms with Gasteiger partial charge in [0.15, 0.2) is 0 Å². The summed E-state index contributed by atoms with van der Waals surface area (Å²) in [6.07, 6.45) is 0.986. The van der Waals surface area contributed by atoms with Gasteiger partial charge in [0, 0.05) is 16.9 Å². The maximum absolute atomic E-state index is 4.68. The lowest BCUT2D eigenvalue weighted by Gasteiger charge is -2.11. The molecule has 84 valence electrons. The Morgan fingerprint density at radius 2 is 2.12 bits per heavy atom. The third-order valence-corrected chi connectivity index (χ3v) is 3.52. The maximum atomic E-state index is 4.68. The second-order valence-electron chi connectivity index (χ2n) is 3.86. The van der Waals surface area contributed by atoms with Gasteiger partial charge in [0.05, 0.1) is 5.52 Å². The molecule has 2 nitrogen and oxygen atoms in total. The normalized spacial score (nSPS) is 10.8. The highest BCUT2D eigenvalue weighted by Crippen LogP contribution is 2.29. The van der Waals surface area contributed by atoms with Gasteiger partial charge in [-0.3, -0.25) is 0 Å². The van der Waals surface area contributed by atoms with Crippen LogP contribution in [0.4, 0.5) is 5.82 Å². The van der Waals surface area contributed by atoms with Crippen molar-refractivity contribution in [1.29, 1.82) is 0 Å². The van der Waals surface area contributed by atoms with Crippen molar-refractivity contribution in [2.75, 3.05) is 12.4 Å². The molecule has 1 aromatic heterocycles. The van der Waals surface area contributed by atoms with E-state index in [0.717, 1.165) is 22.2 Å². The van der Waals surface area contributed by atoms with Gasteiger partial charge in [-0.25, -0.2) is 4.98 Å². The van der Waals surface area contributed by atoms with Crippen LogP contribution in [0.25, 0.3) is 10.9 Å². The molecule has 0 saturated carbocycles. The van der Waals surface area contributed by atoms with E-state index in [9.17, 15) is 0 Å². The molecule has 0 saturated heterocycles. The van der Waals surface area contributed by atoms with Crippen molar-refractivity contribution in [2.24, 2.45) is 0 Å². The minimum Gasteiger partial charge on any atom is -0.373 e. The molecule has 0 aliphatic rings. The van der Waals surface area contributed by atoms with Crippen LogP contribution >= 0.6 is 15.9 Å². The first kappa shape index (κ1) is 11.4. The van der Waals surface area contributed by atoms with Gasteiger partial charge in [-0.15, -0.1) is 0 Å². The predicted octanol–water partition coefficient (Wildman–Crippen LogP) is 3.91. The van der Waals surface area contributed by atoms with Crippen LogP contribution in [0.1, 0.15) is 18.1 Å². The Balaban J connectivity index is 2.82. The number of rotatable bonds is 2. The van der Waals surface area contributed by atoms with E-state index in [2.05, 4.69) is 58.3 Å². The second-order valence-corrected chi connectivity index (χ2v) is 4.71. The van der Waals surface area contributed by atoms with Crippen molar-refractivity contribution in [1.82, 2.24) is 4.98 Å². The van der Waals surface area contributed by atoms with Crippen LogP contribution < -0.4 is 5.32 Å². The lowest BCUT2D eigenvalue weighted by Crippen LogP contribution is -1.99. The number of aromatic nitrogens is 1. The van der Waals surface area contributed by atoms with Crippen LogP contribution in [-0.2, 0) is 6.42 Å². The molecule has 0 amide bonds. The minimum absolute atomic E-state index is 0.983. The first-order chi connectivity index (χ1) is 7.67. The van der Waals surface area contributed by atoms with Crippen molar-refractivity contribution in [3.05, 3.63) is 33.8 Å². The summed E-state index contributed by atoms with van der Waals surface area (Å²) >= 11 is 3.58. The largest absolute Gasteiger partial charge is 0.373 e. The average molecular weight is 279 g/mol. The fourth-order valence-electron chi connectivity index (χ4n) is 1.89. The molecule has 3 heteroatoms. The number of nitrogens with zero attached hydrogens (tertiary/aromatic N) is 1. The van der Waals surface area contributed by atoms with E-state index >= 15 is 0 Å². The molecule has 0 aliphatic heterocycles. The summed E-state index contributed by atoms with van der Waals surface area (Å²) < 4.78 is 1.11. The fourth-order valence-corrected chi connectivity index (χ4v) is 2.32. The van der Waals surface area contributed by atoms with Crippen LogP contribution in [-0.4, -0.2) is 12.0 Å². The summed E-state index contributed by atoms with van der Waals surface area (Å²) in [5, 5.41) is 4.35. The van der Waals surface area contributed by atoms with Gasteiger partial charge in [0.1, 0.15) is 5.82 Å². The SMILES string of the molecule is CCc1cc2c(Br)ccc(C)c2nc1NC. The second kappa shape index (κ2) is 4.42. The number of hydrogen-bond donors (Lipinski definition) is 1. The number of anilines is 1. The van der Waals surface area contributed by atoms with E-state index in [1.54, 1.807) is 0 Å². The van der Waals surface area contributed by atoms with Crippen molar-refractivity contribution in [2.45, 2.75) is 20.3 Å². The summed E-state index contributed by atoms with van der Waals surface area (Å²) in [5.74, 6) is 0.983. The highest BCUT2D eigenvalue weighted by Gasteiger charge is 2.08. The Morgan fingerprint density at radius 3 is 2.75 bits per heavy atom. The Labute approximate surface area is 104 Å². The molecule has 0 unspecified atom stereocenters. The molecule has 0 atom stereocenters. The van der Waals surface area contributed by atoms with Crippen molar-refractivity contribution in [3.63, 3.8) is 0 Å². The van der Waals surface area contributed by atoms with E-state index in [1.165, 1.54) is 16.5 Å². The van der Waals surface area contributed by atoms with Gasteiger partial charge in [0.2, 0.25) is 0 Å². The zero-order valence-electron chi connectivity index (χ0n) is 9.76. The van der Waals surface area contributed by atoms with Gasteiger partial charge in [-0.1, -0.05) is 28.9 Å². The third-order valence-electron chi connectivity index (χ3n) is 2.83. The first-order valence-corrected chi connectivity index (χ1v) is 6.23. The molecule has 16 heavy (non-hydrogen) atoms. The number of fused-ring (bicyclic) bond motifs is 1. The number of halogens is 1. The van der Waals surface area contributed by atoms with Crippen molar-refractivity contribution in [3.8, 4) is 0 Å². The number of pyridine rings is 1. The van der Waals surface area contributed by atoms with Gasteiger partial charge < -0.3 is 5.32 Å². The molecule has 0 spiro atoms. The van der Waals surface area contributed by atoms with Gasteiger partial charge >= 0.3 is 0 Å². The summed E-state index contributed by atoms with van der Waals surface area (Å²) in [4.78, 5) is 4.68. The van der Waals surface area contributed by atoms with Gasteiger partial charge in [-0.05, 0) is 36.6 Å². The van der Waals surface area contributed by atoms with Crippen molar-refractivity contribution >= 4 is 32.7 Å². The standard InChI is InChI=1S/C13H15BrN2/c1-4-9-7-10-11(14)6-5-8(2)12(10)16-13(9)15-3/h5-7H,4H2,1-3H3,(H,15,16). The first-order valence-electron chi connectivity index (χ1n) is 5.43. The monoisotopic (exact) mass is 278 g/mol. The van der Waals surface area contributed by atoms with E-state index in [1.807, 2.05) is 7.05 Å². The lowest BCUT2D eigenvalue weighted by atomic mass is 10.1. The topological polar surface area (TPSA) is 24.9 Å². The molecular formula is C13H15BrN2. The number of hydrogen-bond acceptors (Lipinski definition) is 2. The van der Waals surface area contributed by atoms with Crippen LogP contribution in [0.2, 0.25) is 0 Å². The molecule has 0 bridgehead atoms. The minimum atomic E-state index is 0.983. The Hall–Kier alpha value is -1.09. The number of aryl methyl sites for hydroxylation is 2. The van der Waals surface area contributed by atoms with Crippen LogP contribution in [0.15, 0.2) is 22.7 Å². The molecule has 0 aliphatic carbocycles. The Morgan fingerprint density at radius 1 is 1.38 bits per heavy atom. The van der Waals surface area contributed by atoms with Gasteiger partial charge in [0.25, 0.3) is 0 Å². The Bertz CT molecular complexity index is 486. The molecule has 1 aromatic carbocycles. The quantitative estimate of drug-likeness (QED) is 0.901. The van der Waals surface area contributed by atoms with E-state index in [0.29, 0.717) is 0 Å². The molecular weight excluding hydrogens is 264 g/mol. The molecule has 0 fully saturated rings. The number of benzene rings is 1. The predicted molar refractivity (Wildman–Crippen MR) is 73.1 cm³/mol. The summed E-state index contributed by atoms with van der Waals surface area (Å²) in [7, 11) is 1.92.